The number of methoxy groups -OCH3 is 1. The first-order valence-electron chi connectivity index (χ1n) is 8.16. The van der Waals surface area contributed by atoms with E-state index in [0.717, 1.165) is 22.7 Å². The number of esters is 1. The number of tetrazole rings is 1. The number of aromatic nitrogens is 5. The topological polar surface area (TPSA) is 92.0 Å². The molecule has 26 heavy (non-hydrogen) atoms. The molecule has 0 saturated heterocycles. The minimum atomic E-state index is -0.425. The highest BCUT2D eigenvalue weighted by atomic mass is 32.1. The second-order valence-corrected chi connectivity index (χ2v) is 6.56. The Kier molecular flexibility index (Phi) is 5.57. The average Bonchev–Trinajstić information content (AvgIpc) is 3.26. The highest BCUT2D eigenvalue weighted by Gasteiger charge is 2.19. The summed E-state index contributed by atoms with van der Waals surface area (Å²) in [5, 5.41) is 12.1. The number of nitrogens with zero attached hydrogens (tertiary/aromatic N) is 5. The van der Waals surface area contributed by atoms with Crippen LogP contribution in [0.4, 0.5) is 0 Å². The van der Waals surface area contributed by atoms with Crippen LogP contribution in [0.25, 0.3) is 10.6 Å². The lowest BCUT2D eigenvalue weighted by Crippen LogP contribution is -2.10. The summed E-state index contributed by atoms with van der Waals surface area (Å²) in [5.41, 5.74) is 1.56. The van der Waals surface area contributed by atoms with Gasteiger partial charge in [-0.15, -0.1) is 16.4 Å². The van der Waals surface area contributed by atoms with Crippen LogP contribution >= 0.6 is 11.3 Å². The second-order valence-electron chi connectivity index (χ2n) is 5.56. The van der Waals surface area contributed by atoms with E-state index in [9.17, 15) is 4.79 Å². The molecule has 0 atom stereocenters. The molecule has 0 spiro atoms. The normalized spacial score (nSPS) is 10.7. The van der Waals surface area contributed by atoms with Crippen molar-refractivity contribution < 1.29 is 14.3 Å². The largest absolute Gasteiger partial charge is 0.497 e. The molecule has 0 N–H and O–H groups in total. The maximum absolute atomic E-state index is 12.4. The lowest BCUT2D eigenvalue weighted by molar-refractivity contribution is 0.0461. The Morgan fingerprint density at radius 2 is 2.04 bits per heavy atom. The number of carbonyl (C=O) groups is 1. The first kappa shape index (κ1) is 18.0. The predicted octanol–water partition coefficient (Wildman–Crippen LogP) is 2.88. The first-order chi connectivity index (χ1) is 12.6. The fourth-order valence-electron chi connectivity index (χ4n) is 2.35. The summed E-state index contributed by atoms with van der Waals surface area (Å²) >= 11 is 1.30. The van der Waals surface area contributed by atoms with Gasteiger partial charge in [0.15, 0.2) is 12.4 Å². The maximum Gasteiger partial charge on any atom is 0.350 e. The van der Waals surface area contributed by atoms with E-state index in [4.69, 9.17) is 9.47 Å². The van der Waals surface area contributed by atoms with Gasteiger partial charge in [-0.3, -0.25) is 0 Å². The number of ether oxygens (including phenoxy) is 2. The molecule has 9 heteroatoms. The van der Waals surface area contributed by atoms with Crippen LogP contribution in [-0.4, -0.2) is 38.3 Å². The molecule has 2 aromatic heterocycles. The molecule has 0 aliphatic carbocycles. The third kappa shape index (κ3) is 3.88. The molecule has 2 heterocycles. The van der Waals surface area contributed by atoms with E-state index in [1.54, 1.807) is 18.7 Å². The summed E-state index contributed by atoms with van der Waals surface area (Å²) in [6.07, 6.45) is 0.894. The van der Waals surface area contributed by atoms with Gasteiger partial charge in [0.2, 0.25) is 0 Å². The molecular formula is C17H19N5O3S. The van der Waals surface area contributed by atoms with Crippen molar-refractivity contribution in [2.75, 3.05) is 7.11 Å². The highest BCUT2D eigenvalue weighted by Crippen LogP contribution is 2.29. The molecule has 0 aliphatic heterocycles. The fraction of sp³-hybridized carbons (Fsp3) is 0.353. The fourth-order valence-corrected chi connectivity index (χ4v) is 3.32. The molecule has 0 unspecified atom stereocenters. The van der Waals surface area contributed by atoms with Gasteiger partial charge in [0.25, 0.3) is 0 Å². The SMILES string of the molecule is CCCn1nnnc1COC(=O)c1sc(-c2ccc(OC)cc2)nc1C. The molecule has 3 rings (SSSR count). The Hall–Kier alpha value is -2.81. The molecule has 0 amide bonds. The summed E-state index contributed by atoms with van der Waals surface area (Å²) in [4.78, 5) is 17.4. The Morgan fingerprint density at radius 3 is 2.73 bits per heavy atom. The molecular weight excluding hydrogens is 354 g/mol. The third-order valence-corrected chi connectivity index (χ3v) is 4.88. The van der Waals surface area contributed by atoms with Crippen LogP contribution in [0.5, 0.6) is 5.75 Å². The summed E-state index contributed by atoms with van der Waals surface area (Å²) in [6.45, 7) is 4.53. The zero-order chi connectivity index (χ0) is 18.5. The van der Waals surface area contributed by atoms with E-state index in [0.29, 0.717) is 22.9 Å². The van der Waals surface area contributed by atoms with Crippen molar-refractivity contribution in [1.29, 1.82) is 0 Å². The van der Waals surface area contributed by atoms with Gasteiger partial charge in [-0.2, -0.15) is 0 Å². The summed E-state index contributed by atoms with van der Waals surface area (Å²) in [7, 11) is 1.62. The number of thiazole rings is 1. The number of aryl methyl sites for hydroxylation is 2. The average molecular weight is 373 g/mol. The van der Waals surface area contributed by atoms with E-state index in [1.165, 1.54) is 11.3 Å². The van der Waals surface area contributed by atoms with Gasteiger partial charge >= 0.3 is 5.97 Å². The minimum absolute atomic E-state index is 0.0288. The molecule has 136 valence electrons. The second kappa shape index (κ2) is 8.05. The van der Waals surface area contributed by atoms with Crippen LogP contribution in [-0.2, 0) is 17.9 Å². The number of hydrogen-bond donors (Lipinski definition) is 0. The van der Waals surface area contributed by atoms with Crippen LogP contribution in [0.2, 0.25) is 0 Å². The van der Waals surface area contributed by atoms with Crippen LogP contribution in [0.15, 0.2) is 24.3 Å². The lowest BCUT2D eigenvalue weighted by Gasteiger charge is -2.04. The van der Waals surface area contributed by atoms with E-state index >= 15 is 0 Å². The molecule has 0 bridgehead atoms. The van der Waals surface area contributed by atoms with Crippen molar-refractivity contribution in [3.63, 3.8) is 0 Å². The van der Waals surface area contributed by atoms with Crippen LogP contribution < -0.4 is 4.74 Å². The quantitative estimate of drug-likeness (QED) is 0.588. The number of benzene rings is 1. The third-order valence-electron chi connectivity index (χ3n) is 3.69. The van der Waals surface area contributed by atoms with Gasteiger partial charge in [-0.05, 0) is 48.0 Å². The molecule has 1 aromatic carbocycles. The van der Waals surface area contributed by atoms with Crippen LogP contribution in [0.3, 0.4) is 0 Å². The van der Waals surface area contributed by atoms with Crippen molar-refractivity contribution in [1.82, 2.24) is 25.2 Å². The zero-order valence-corrected chi connectivity index (χ0v) is 15.6. The maximum atomic E-state index is 12.4. The highest BCUT2D eigenvalue weighted by molar-refractivity contribution is 7.17. The summed E-state index contributed by atoms with van der Waals surface area (Å²) in [5.74, 6) is 0.870. The van der Waals surface area contributed by atoms with Crippen molar-refractivity contribution >= 4 is 17.3 Å². The lowest BCUT2D eigenvalue weighted by atomic mass is 10.2. The van der Waals surface area contributed by atoms with Crippen molar-refractivity contribution in [3.05, 3.63) is 40.7 Å². The van der Waals surface area contributed by atoms with Crippen LogP contribution in [0.1, 0.15) is 34.5 Å². The van der Waals surface area contributed by atoms with Gasteiger partial charge < -0.3 is 9.47 Å². The van der Waals surface area contributed by atoms with Crippen molar-refractivity contribution in [2.24, 2.45) is 0 Å². The van der Waals surface area contributed by atoms with Crippen LogP contribution in [0, 0.1) is 6.92 Å². The van der Waals surface area contributed by atoms with E-state index in [2.05, 4.69) is 20.5 Å². The minimum Gasteiger partial charge on any atom is -0.497 e. The molecule has 0 fully saturated rings. The standard InChI is InChI=1S/C17H19N5O3S/c1-4-9-22-14(19-20-21-22)10-25-17(23)15-11(2)18-16(26-15)12-5-7-13(24-3)8-6-12/h5-8H,4,9-10H2,1-3H3. The van der Waals surface area contributed by atoms with E-state index < -0.39 is 5.97 Å². The molecule has 0 radical (unpaired) electrons. The summed E-state index contributed by atoms with van der Waals surface area (Å²) < 4.78 is 12.2. The molecule has 3 aromatic rings. The molecule has 8 nitrogen and oxygen atoms in total. The number of hydrogen-bond acceptors (Lipinski definition) is 8. The van der Waals surface area contributed by atoms with Gasteiger partial charge in [-0.1, -0.05) is 6.92 Å². The number of rotatable bonds is 7. The predicted molar refractivity (Wildman–Crippen MR) is 96.1 cm³/mol. The molecule has 0 aliphatic rings. The Morgan fingerprint density at radius 1 is 1.27 bits per heavy atom. The zero-order valence-electron chi connectivity index (χ0n) is 14.8. The van der Waals surface area contributed by atoms with E-state index in [-0.39, 0.29) is 6.61 Å². The Balaban J connectivity index is 1.71. The Bertz CT molecular complexity index is 888. The van der Waals surface area contributed by atoms with E-state index in [1.807, 2.05) is 31.2 Å². The van der Waals surface area contributed by atoms with Gasteiger partial charge in [-0.25, -0.2) is 14.5 Å². The van der Waals surface area contributed by atoms with Crippen molar-refractivity contribution in [3.8, 4) is 16.3 Å². The number of carbonyl (C=O) groups excluding carboxylic acids is 1. The van der Waals surface area contributed by atoms with Gasteiger partial charge in [0.05, 0.1) is 12.8 Å². The summed E-state index contributed by atoms with van der Waals surface area (Å²) in [6, 6.07) is 7.53. The Labute approximate surface area is 154 Å². The van der Waals surface area contributed by atoms with Gasteiger partial charge in [0.1, 0.15) is 15.6 Å². The first-order valence-corrected chi connectivity index (χ1v) is 8.98. The monoisotopic (exact) mass is 373 g/mol. The molecule has 0 saturated carbocycles. The smallest absolute Gasteiger partial charge is 0.350 e. The van der Waals surface area contributed by atoms with Gasteiger partial charge in [0, 0.05) is 12.1 Å². The van der Waals surface area contributed by atoms with Crippen molar-refractivity contribution in [2.45, 2.75) is 33.4 Å².